The van der Waals surface area contributed by atoms with Crippen LogP contribution in [0.15, 0.2) is 45.3 Å². The third-order valence-corrected chi connectivity index (χ3v) is 6.60. The van der Waals surface area contributed by atoms with Gasteiger partial charge in [-0.3, -0.25) is 0 Å². The van der Waals surface area contributed by atoms with Crippen molar-refractivity contribution in [2.24, 2.45) is 0 Å². The van der Waals surface area contributed by atoms with Crippen LogP contribution in [0.5, 0.6) is 23.0 Å². The van der Waals surface area contributed by atoms with Crippen LogP contribution in [0.25, 0.3) is 0 Å². The fraction of sp³-hybridized carbons (Fsp3) is 0.600. The van der Waals surface area contributed by atoms with E-state index < -0.39 is 0 Å². The Hall–Kier alpha value is -1.68. The molecule has 1 heterocycles. The summed E-state index contributed by atoms with van der Waals surface area (Å²) < 4.78 is 64.3. The van der Waals surface area contributed by atoms with Crippen LogP contribution in [0, 0.1) is 0 Å². The first-order chi connectivity index (χ1) is 21.2. The Kier molecular flexibility index (Phi) is 19.7. The Morgan fingerprint density at radius 3 is 0.814 bits per heavy atom. The molecule has 0 N–H and O–H groups in total. The SMILES string of the molecule is Brc1ccc2c(c1)OCCOCCOCCOCCOc1cc(Br)ccc1OCCOCCOCCOCCOCCO2. The lowest BCUT2D eigenvalue weighted by atomic mass is 10.3. The zero-order valence-electron chi connectivity index (χ0n) is 24.4. The Bertz CT molecular complexity index is 921. The molecule has 3 rings (SSSR count). The summed E-state index contributed by atoms with van der Waals surface area (Å²) >= 11 is 6.95. The molecule has 0 bridgehead atoms. The molecule has 0 unspecified atom stereocenters. The molecule has 0 atom stereocenters. The molecule has 0 saturated carbocycles. The average molecular weight is 738 g/mol. The van der Waals surface area contributed by atoms with Gasteiger partial charge in [0.2, 0.25) is 0 Å². The van der Waals surface area contributed by atoms with Crippen molar-refractivity contribution in [1.29, 1.82) is 0 Å². The summed E-state index contributed by atoms with van der Waals surface area (Å²) in [7, 11) is 0. The number of rotatable bonds is 0. The number of hydrogen-bond acceptors (Lipinski definition) is 11. The monoisotopic (exact) mass is 736 g/mol. The molecule has 1 aliphatic heterocycles. The second-order valence-electron chi connectivity index (χ2n) is 8.86. The molecule has 0 aliphatic carbocycles. The normalized spacial score (nSPS) is 19.2. The maximum atomic E-state index is 5.87. The Labute approximate surface area is 270 Å². The molecule has 11 nitrogen and oxygen atoms in total. The Balaban J connectivity index is 1.38. The van der Waals surface area contributed by atoms with Crippen molar-refractivity contribution in [1.82, 2.24) is 0 Å². The number of halogens is 2. The van der Waals surface area contributed by atoms with Crippen LogP contribution in [0.4, 0.5) is 0 Å². The second kappa shape index (κ2) is 23.7. The van der Waals surface area contributed by atoms with Gasteiger partial charge in [-0.25, -0.2) is 0 Å². The van der Waals surface area contributed by atoms with Crippen LogP contribution >= 0.6 is 31.9 Å². The molecule has 0 radical (unpaired) electrons. The van der Waals surface area contributed by atoms with Gasteiger partial charge in [-0.1, -0.05) is 31.9 Å². The summed E-state index contributed by atoms with van der Waals surface area (Å²) in [6, 6.07) is 11.2. The van der Waals surface area contributed by atoms with Crippen molar-refractivity contribution in [2.75, 3.05) is 119 Å². The average Bonchev–Trinajstić information content (AvgIpc) is 3.00. The molecule has 0 saturated heterocycles. The van der Waals surface area contributed by atoms with Crippen LogP contribution in [0.3, 0.4) is 0 Å². The molecule has 2 aromatic carbocycles. The second-order valence-corrected chi connectivity index (χ2v) is 10.7. The number of hydrogen-bond donors (Lipinski definition) is 0. The highest BCUT2D eigenvalue weighted by Gasteiger charge is 2.08. The largest absolute Gasteiger partial charge is 0.487 e. The van der Waals surface area contributed by atoms with Crippen LogP contribution < -0.4 is 18.9 Å². The van der Waals surface area contributed by atoms with Gasteiger partial charge in [-0.2, -0.15) is 0 Å². The van der Waals surface area contributed by atoms with Gasteiger partial charge in [-0.05, 0) is 36.4 Å². The molecular weight excluding hydrogens is 696 g/mol. The van der Waals surface area contributed by atoms with Crippen LogP contribution in [-0.4, -0.2) is 119 Å². The molecule has 0 aromatic heterocycles. The van der Waals surface area contributed by atoms with Crippen LogP contribution in [0.2, 0.25) is 0 Å². The number of benzene rings is 2. The van der Waals surface area contributed by atoms with Gasteiger partial charge in [0, 0.05) is 8.95 Å². The summed E-state index contributed by atoms with van der Waals surface area (Å²) in [5, 5.41) is 0. The molecule has 0 spiro atoms. The van der Waals surface area contributed by atoms with E-state index in [9.17, 15) is 0 Å². The number of ether oxygens (including phenoxy) is 11. The molecular formula is C30H42Br2O11. The van der Waals surface area contributed by atoms with E-state index in [1.807, 2.05) is 36.4 Å². The first-order valence-corrected chi connectivity index (χ1v) is 16.0. The first-order valence-electron chi connectivity index (χ1n) is 14.4. The van der Waals surface area contributed by atoms with Gasteiger partial charge in [0.05, 0.1) is 92.5 Å². The molecule has 242 valence electrons. The van der Waals surface area contributed by atoms with E-state index in [4.69, 9.17) is 52.1 Å². The highest BCUT2D eigenvalue weighted by atomic mass is 79.9. The summed E-state index contributed by atoms with van der Waals surface area (Å²) in [5.74, 6) is 2.55. The highest BCUT2D eigenvalue weighted by Crippen LogP contribution is 2.31. The molecule has 43 heavy (non-hydrogen) atoms. The van der Waals surface area contributed by atoms with Crippen molar-refractivity contribution < 1.29 is 52.1 Å². The maximum Gasteiger partial charge on any atom is 0.162 e. The minimum Gasteiger partial charge on any atom is -0.487 e. The topological polar surface area (TPSA) is 102 Å². The van der Waals surface area contributed by atoms with Crippen LogP contribution in [-0.2, 0) is 33.2 Å². The summed E-state index contributed by atoms with van der Waals surface area (Å²) in [5.41, 5.74) is 0. The molecule has 0 amide bonds. The van der Waals surface area contributed by atoms with E-state index in [1.165, 1.54) is 0 Å². The predicted molar refractivity (Wildman–Crippen MR) is 166 cm³/mol. The minimum absolute atomic E-state index is 0.380. The van der Waals surface area contributed by atoms with Crippen molar-refractivity contribution in [3.05, 3.63) is 45.3 Å². The summed E-state index contributed by atoms with van der Waals surface area (Å²) in [6.07, 6.45) is 0. The predicted octanol–water partition coefficient (Wildman–Crippen LogP) is 4.56. The third-order valence-electron chi connectivity index (χ3n) is 5.61. The molecule has 0 fully saturated rings. The quantitative estimate of drug-likeness (QED) is 0.381. The van der Waals surface area contributed by atoms with Crippen molar-refractivity contribution in [3.63, 3.8) is 0 Å². The third kappa shape index (κ3) is 16.8. The minimum atomic E-state index is 0.380. The lowest BCUT2D eigenvalue weighted by molar-refractivity contribution is -0.00715. The summed E-state index contributed by atoms with van der Waals surface area (Å²) in [4.78, 5) is 0. The summed E-state index contributed by atoms with van der Waals surface area (Å²) in [6.45, 7) is 7.94. The van der Waals surface area contributed by atoms with Gasteiger partial charge in [-0.15, -0.1) is 0 Å². The lowest BCUT2D eigenvalue weighted by Crippen LogP contribution is -2.15. The van der Waals surface area contributed by atoms with Crippen molar-refractivity contribution >= 4 is 31.9 Å². The smallest absolute Gasteiger partial charge is 0.162 e. The standard InChI is InChI=1S/C30H42Br2O11/c31-25-1-3-27-29(23-25)42-21-17-38-13-9-35-10-14-39-18-22-43-30-24-26(32)2-4-28(30)41-20-16-37-12-8-34-6-5-33-7-11-36-15-19-40-27/h1-4,23-24H,5-22H2. The van der Waals surface area contributed by atoms with E-state index in [-0.39, 0.29) is 0 Å². The number of fused-ring (bicyclic) bond motifs is 2. The molecule has 1 aliphatic rings. The van der Waals surface area contributed by atoms with E-state index in [0.29, 0.717) is 142 Å². The van der Waals surface area contributed by atoms with Gasteiger partial charge in [0.25, 0.3) is 0 Å². The fourth-order valence-corrected chi connectivity index (χ4v) is 4.25. The van der Waals surface area contributed by atoms with Crippen molar-refractivity contribution in [2.45, 2.75) is 0 Å². The first kappa shape index (κ1) is 35.8. The maximum absolute atomic E-state index is 5.87. The highest BCUT2D eigenvalue weighted by molar-refractivity contribution is 9.10. The van der Waals surface area contributed by atoms with Gasteiger partial charge >= 0.3 is 0 Å². The van der Waals surface area contributed by atoms with E-state index >= 15 is 0 Å². The van der Waals surface area contributed by atoms with E-state index in [1.54, 1.807) is 0 Å². The fourth-order valence-electron chi connectivity index (χ4n) is 3.57. The van der Waals surface area contributed by atoms with Crippen molar-refractivity contribution in [3.8, 4) is 23.0 Å². The van der Waals surface area contributed by atoms with E-state index in [0.717, 1.165) is 8.95 Å². The van der Waals surface area contributed by atoms with Gasteiger partial charge in [0.1, 0.15) is 26.4 Å². The molecule has 13 heteroatoms. The van der Waals surface area contributed by atoms with E-state index in [2.05, 4.69) is 31.9 Å². The van der Waals surface area contributed by atoms with Crippen LogP contribution in [0.1, 0.15) is 0 Å². The lowest BCUT2D eigenvalue weighted by Gasteiger charge is -2.14. The van der Waals surface area contributed by atoms with Gasteiger partial charge < -0.3 is 52.1 Å². The molecule has 2 aromatic rings. The van der Waals surface area contributed by atoms with Gasteiger partial charge in [0.15, 0.2) is 23.0 Å². The zero-order chi connectivity index (χ0) is 30.2. The Morgan fingerprint density at radius 1 is 0.302 bits per heavy atom. The zero-order valence-corrected chi connectivity index (χ0v) is 27.6. The Morgan fingerprint density at radius 2 is 0.535 bits per heavy atom.